The zero-order valence-electron chi connectivity index (χ0n) is 20.6. The summed E-state index contributed by atoms with van der Waals surface area (Å²) in [5.41, 5.74) is 7.03. The fraction of sp³-hybridized carbons (Fsp3) is 0.100. The quantitative estimate of drug-likeness (QED) is 0.217. The van der Waals surface area contributed by atoms with Crippen LogP contribution in [0.1, 0.15) is 16.7 Å². The number of pyridine rings is 3. The molecule has 0 atom stereocenters. The van der Waals surface area contributed by atoms with Gasteiger partial charge in [0.15, 0.2) is 0 Å². The second-order valence-electron chi connectivity index (χ2n) is 8.34. The van der Waals surface area contributed by atoms with Crippen LogP contribution in [0.4, 0.5) is 0 Å². The molecule has 37 heavy (non-hydrogen) atoms. The third-order valence-corrected chi connectivity index (χ3v) is 7.93. The van der Waals surface area contributed by atoms with Crippen LogP contribution in [-0.4, -0.2) is 63.0 Å². The van der Waals surface area contributed by atoms with Gasteiger partial charge in [-0.1, -0.05) is 0 Å². The minimum Gasteiger partial charge on any atom is 0 e. The molecule has 0 N–H and O–H groups in total. The zero-order valence-corrected chi connectivity index (χ0v) is 28.1. The second-order valence-corrected chi connectivity index (χ2v) is 11.1. The molecule has 3 heterocycles. The smallest absolute Gasteiger partial charge is 0 e. The number of hydrogen-bond acceptors (Lipinski definition) is 3. The van der Waals surface area contributed by atoms with Crippen LogP contribution in [0, 0.1) is 20.8 Å². The van der Waals surface area contributed by atoms with Crippen molar-refractivity contribution < 1.29 is 20.1 Å². The van der Waals surface area contributed by atoms with E-state index in [1.807, 2.05) is 73.2 Å². The SMILES string of the molecule is Cc1ccnc2c([Se])cccc12.Cc1ccnc2c([Se])cccc12.Cc1ccnc2c([Se])cccc12.[Ir]. The van der Waals surface area contributed by atoms with Crippen molar-refractivity contribution in [3.8, 4) is 0 Å². The Labute approximate surface area is 256 Å². The van der Waals surface area contributed by atoms with Gasteiger partial charge in [0, 0.05) is 20.1 Å². The van der Waals surface area contributed by atoms with Crippen molar-refractivity contribution in [1.82, 2.24) is 15.0 Å². The molecule has 3 aromatic heterocycles. The fourth-order valence-electron chi connectivity index (χ4n) is 3.86. The molecule has 0 aliphatic rings. The van der Waals surface area contributed by atoms with Gasteiger partial charge in [0.2, 0.25) is 0 Å². The normalized spacial score (nSPS) is 10.1. The molecule has 4 radical (unpaired) electrons. The van der Waals surface area contributed by atoms with E-state index in [-0.39, 0.29) is 20.1 Å². The van der Waals surface area contributed by atoms with Crippen LogP contribution >= 0.6 is 0 Å². The number of nitrogens with zero attached hydrogens (tertiary/aromatic N) is 3. The second kappa shape index (κ2) is 13.8. The molecule has 7 heteroatoms. The number of aromatic nitrogens is 3. The van der Waals surface area contributed by atoms with E-state index in [2.05, 4.69) is 102 Å². The minimum atomic E-state index is 0. The van der Waals surface area contributed by atoms with E-state index in [1.54, 1.807) is 0 Å². The van der Waals surface area contributed by atoms with Crippen molar-refractivity contribution in [2.75, 3.05) is 0 Å². The molecule has 0 aliphatic heterocycles. The first kappa shape index (κ1) is 29.7. The number of rotatable bonds is 0. The molecule has 0 aliphatic carbocycles. The van der Waals surface area contributed by atoms with Crippen LogP contribution in [0.2, 0.25) is 0 Å². The summed E-state index contributed by atoms with van der Waals surface area (Å²) in [5, 5.41) is 3.69. The summed E-state index contributed by atoms with van der Waals surface area (Å²) < 4.78 is 3.36. The number of fused-ring (bicyclic) bond motifs is 3. The minimum absolute atomic E-state index is 0. The van der Waals surface area contributed by atoms with Crippen LogP contribution in [0.25, 0.3) is 32.7 Å². The Morgan fingerprint density at radius 1 is 0.432 bits per heavy atom. The van der Waals surface area contributed by atoms with E-state index >= 15 is 0 Å². The van der Waals surface area contributed by atoms with Crippen molar-refractivity contribution in [3.63, 3.8) is 0 Å². The zero-order chi connectivity index (χ0) is 25.7. The summed E-state index contributed by atoms with van der Waals surface area (Å²) in [5.74, 6) is 0. The summed E-state index contributed by atoms with van der Waals surface area (Å²) in [7, 11) is 0. The van der Waals surface area contributed by atoms with Gasteiger partial charge in [0.1, 0.15) is 0 Å². The molecule has 6 aromatic rings. The molecule has 0 amide bonds. The molecular formula is C30H24IrN3Se3. The number of aryl methyl sites for hydroxylation is 3. The first-order valence-corrected chi connectivity index (χ1v) is 14.0. The third-order valence-electron chi connectivity index (χ3n) is 5.86. The van der Waals surface area contributed by atoms with Crippen molar-refractivity contribution in [1.29, 1.82) is 0 Å². The Hall–Kier alpha value is -1.90. The van der Waals surface area contributed by atoms with Crippen LogP contribution in [0.15, 0.2) is 91.4 Å². The summed E-state index contributed by atoms with van der Waals surface area (Å²) in [6, 6.07) is 24.6. The maximum absolute atomic E-state index is 4.31. The standard InChI is InChI=1S/3C10H8NSe.Ir/c3*1-7-5-6-11-10-8(7)3-2-4-9(10)12;/h3*2-6H,1H3;. The summed E-state index contributed by atoms with van der Waals surface area (Å²) in [4.78, 5) is 12.9. The van der Waals surface area contributed by atoms with Gasteiger partial charge in [-0.15, -0.1) is 0 Å². The van der Waals surface area contributed by atoms with Gasteiger partial charge in [-0.05, 0) is 0 Å². The van der Waals surface area contributed by atoms with E-state index in [1.165, 1.54) is 32.8 Å². The number of para-hydroxylation sites is 3. The van der Waals surface area contributed by atoms with Gasteiger partial charge in [-0.3, -0.25) is 0 Å². The Bertz CT molecular complexity index is 1350. The monoisotopic (exact) mass is 859 g/mol. The Balaban J connectivity index is 0.000000152. The Morgan fingerprint density at radius 3 is 0.946 bits per heavy atom. The average Bonchev–Trinajstić information content (AvgIpc) is 2.87. The predicted molar refractivity (Wildman–Crippen MR) is 156 cm³/mol. The van der Waals surface area contributed by atoms with Crippen LogP contribution in [0.5, 0.6) is 0 Å². The van der Waals surface area contributed by atoms with E-state index < -0.39 is 0 Å². The Morgan fingerprint density at radius 2 is 0.703 bits per heavy atom. The molecule has 186 valence electrons. The van der Waals surface area contributed by atoms with Gasteiger partial charge in [0.05, 0.1) is 0 Å². The topological polar surface area (TPSA) is 38.7 Å². The first-order valence-electron chi connectivity index (χ1n) is 11.4. The molecule has 3 aromatic carbocycles. The van der Waals surface area contributed by atoms with Gasteiger partial charge in [-0.25, -0.2) is 0 Å². The molecule has 0 unspecified atom stereocenters. The van der Waals surface area contributed by atoms with Crippen LogP contribution in [0.3, 0.4) is 0 Å². The van der Waals surface area contributed by atoms with Crippen LogP contribution in [-0.2, 0) is 20.1 Å². The van der Waals surface area contributed by atoms with Crippen molar-refractivity contribution >= 4 is 94.1 Å². The first-order chi connectivity index (χ1) is 17.4. The molecule has 0 fully saturated rings. The summed E-state index contributed by atoms with van der Waals surface area (Å²) in [6.45, 7) is 6.30. The third kappa shape index (κ3) is 7.15. The van der Waals surface area contributed by atoms with Gasteiger partial charge in [0.25, 0.3) is 0 Å². The molecule has 0 saturated heterocycles. The number of hydrogen-bond donors (Lipinski definition) is 0. The van der Waals surface area contributed by atoms with E-state index in [9.17, 15) is 0 Å². The summed E-state index contributed by atoms with van der Waals surface area (Å²) >= 11 is 9.03. The van der Waals surface area contributed by atoms with Gasteiger partial charge < -0.3 is 0 Å². The molecule has 3 nitrogen and oxygen atoms in total. The van der Waals surface area contributed by atoms with Crippen LogP contribution < -0.4 is 13.4 Å². The average molecular weight is 856 g/mol. The molecule has 0 bridgehead atoms. The maximum Gasteiger partial charge on any atom is 0 e. The van der Waals surface area contributed by atoms with Crippen molar-refractivity contribution in [3.05, 3.63) is 108 Å². The van der Waals surface area contributed by atoms with E-state index in [4.69, 9.17) is 0 Å². The van der Waals surface area contributed by atoms with E-state index in [0.29, 0.717) is 0 Å². The van der Waals surface area contributed by atoms with Gasteiger partial charge >= 0.3 is 238 Å². The molecular weight excluding hydrogens is 831 g/mol. The maximum atomic E-state index is 4.31. The fourth-order valence-corrected chi connectivity index (χ4v) is 5.38. The molecule has 0 saturated carbocycles. The van der Waals surface area contributed by atoms with Gasteiger partial charge in [-0.2, -0.15) is 0 Å². The van der Waals surface area contributed by atoms with E-state index in [0.717, 1.165) is 29.9 Å². The predicted octanol–water partition coefficient (Wildman–Crippen LogP) is 4.01. The summed E-state index contributed by atoms with van der Waals surface area (Å²) in [6.07, 6.45) is 5.54. The number of benzene rings is 3. The molecule has 0 spiro atoms. The van der Waals surface area contributed by atoms with Crippen molar-refractivity contribution in [2.24, 2.45) is 0 Å². The molecule has 6 rings (SSSR count). The Kier molecular flexibility index (Phi) is 11.0. The largest absolute Gasteiger partial charge is 0 e. The van der Waals surface area contributed by atoms with Crippen molar-refractivity contribution in [2.45, 2.75) is 20.8 Å².